The van der Waals surface area contributed by atoms with E-state index in [-0.39, 0.29) is 12.3 Å². The van der Waals surface area contributed by atoms with E-state index in [2.05, 4.69) is 15.3 Å². The van der Waals surface area contributed by atoms with E-state index in [4.69, 9.17) is 9.47 Å². The summed E-state index contributed by atoms with van der Waals surface area (Å²) in [7, 11) is 3.81. The summed E-state index contributed by atoms with van der Waals surface area (Å²) in [5.41, 5.74) is 1.85. The Bertz CT molecular complexity index is 1280. The van der Waals surface area contributed by atoms with Crippen LogP contribution in [0.5, 0.6) is 17.2 Å². The second-order valence-electron chi connectivity index (χ2n) is 7.70. The summed E-state index contributed by atoms with van der Waals surface area (Å²) in [6.07, 6.45) is 3.83. The lowest BCUT2D eigenvalue weighted by Gasteiger charge is -2.21. The Kier molecular flexibility index (Phi) is 6.98. The molecule has 4 aromatic rings. The number of para-hydroxylation sites is 1. The molecule has 0 aliphatic heterocycles. The predicted octanol–water partition coefficient (Wildman–Crippen LogP) is 3.86. The third-order valence-corrected chi connectivity index (χ3v) is 5.01. The summed E-state index contributed by atoms with van der Waals surface area (Å²) < 4.78 is 11.6. The van der Waals surface area contributed by atoms with Gasteiger partial charge in [-0.1, -0.05) is 18.2 Å². The highest BCUT2D eigenvalue weighted by atomic mass is 16.5. The standard InChI is InChI=1S/C26H24N4O4/c1-30(2)25-21-9-6-14-27-22(21)12-13-24(25)33-17-18(16-31)29-26(32)23-11-10-20(15-28-23)34-19-7-4-3-5-8-19/h3-16,18H,17H2,1-2H3,(H,29,32). The molecule has 34 heavy (non-hydrogen) atoms. The van der Waals surface area contributed by atoms with E-state index < -0.39 is 11.9 Å². The zero-order valence-corrected chi connectivity index (χ0v) is 18.8. The van der Waals surface area contributed by atoms with Crippen LogP contribution in [0.1, 0.15) is 10.5 Å². The van der Waals surface area contributed by atoms with E-state index in [1.165, 1.54) is 12.3 Å². The molecule has 0 aliphatic rings. The SMILES string of the molecule is CN(C)c1c(OCC(C=O)NC(=O)c2ccc(Oc3ccccc3)cn2)ccc2ncccc12. The molecule has 0 saturated carbocycles. The minimum absolute atomic E-state index is 0.0307. The van der Waals surface area contributed by atoms with Crippen molar-refractivity contribution in [2.75, 3.05) is 25.6 Å². The first kappa shape index (κ1) is 22.7. The van der Waals surface area contributed by atoms with Gasteiger partial charge in [-0.25, -0.2) is 4.98 Å². The van der Waals surface area contributed by atoms with E-state index in [0.717, 1.165) is 16.6 Å². The number of rotatable bonds is 9. The number of pyridine rings is 2. The fourth-order valence-corrected chi connectivity index (χ4v) is 3.43. The smallest absolute Gasteiger partial charge is 0.270 e. The molecule has 0 aliphatic carbocycles. The highest BCUT2D eigenvalue weighted by Gasteiger charge is 2.17. The molecule has 172 valence electrons. The molecule has 8 nitrogen and oxygen atoms in total. The molecule has 2 aromatic heterocycles. The highest BCUT2D eigenvalue weighted by molar-refractivity contribution is 5.95. The van der Waals surface area contributed by atoms with Gasteiger partial charge in [-0.15, -0.1) is 0 Å². The van der Waals surface area contributed by atoms with Crippen LogP contribution in [-0.4, -0.2) is 48.9 Å². The van der Waals surface area contributed by atoms with Gasteiger partial charge in [-0.3, -0.25) is 9.78 Å². The molecule has 0 radical (unpaired) electrons. The number of aldehydes is 1. The van der Waals surface area contributed by atoms with Crippen molar-refractivity contribution >= 4 is 28.8 Å². The summed E-state index contributed by atoms with van der Waals surface area (Å²) in [6, 6.07) is 19.1. The Labute approximate surface area is 197 Å². The normalized spacial score (nSPS) is 11.5. The number of ether oxygens (including phenoxy) is 2. The van der Waals surface area contributed by atoms with E-state index in [1.807, 2.05) is 67.5 Å². The van der Waals surface area contributed by atoms with Gasteiger partial charge in [-0.05, 0) is 48.5 Å². The molecule has 0 spiro atoms. The lowest BCUT2D eigenvalue weighted by atomic mass is 10.1. The Morgan fingerprint density at radius 3 is 2.53 bits per heavy atom. The average Bonchev–Trinajstić information content (AvgIpc) is 2.86. The van der Waals surface area contributed by atoms with Crippen molar-refractivity contribution in [3.8, 4) is 17.2 Å². The van der Waals surface area contributed by atoms with Gasteiger partial charge in [-0.2, -0.15) is 0 Å². The molecule has 2 aromatic carbocycles. The number of nitrogens with zero attached hydrogens (tertiary/aromatic N) is 3. The van der Waals surface area contributed by atoms with Crippen LogP contribution < -0.4 is 19.7 Å². The van der Waals surface area contributed by atoms with Gasteiger partial charge in [0.25, 0.3) is 5.91 Å². The fourth-order valence-electron chi connectivity index (χ4n) is 3.43. The van der Waals surface area contributed by atoms with Gasteiger partial charge in [0.05, 0.1) is 17.4 Å². The predicted molar refractivity (Wildman–Crippen MR) is 130 cm³/mol. The summed E-state index contributed by atoms with van der Waals surface area (Å²) in [5, 5.41) is 3.58. The Morgan fingerprint density at radius 2 is 1.82 bits per heavy atom. The maximum atomic E-state index is 12.6. The largest absolute Gasteiger partial charge is 0.489 e. The van der Waals surface area contributed by atoms with Crippen LogP contribution in [-0.2, 0) is 4.79 Å². The summed E-state index contributed by atoms with van der Waals surface area (Å²) in [4.78, 5) is 34.7. The molecule has 0 bridgehead atoms. The first-order valence-corrected chi connectivity index (χ1v) is 10.7. The number of benzene rings is 2. The molecular weight excluding hydrogens is 432 g/mol. The summed E-state index contributed by atoms with van der Waals surface area (Å²) >= 11 is 0. The van der Waals surface area contributed by atoms with Crippen molar-refractivity contribution in [3.63, 3.8) is 0 Å². The lowest BCUT2D eigenvalue weighted by molar-refractivity contribution is -0.110. The van der Waals surface area contributed by atoms with E-state index in [9.17, 15) is 9.59 Å². The van der Waals surface area contributed by atoms with Gasteiger partial charge in [0, 0.05) is 25.7 Å². The average molecular weight is 457 g/mol. The number of carbonyl (C=O) groups excluding carboxylic acids is 2. The maximum absolute atomic E-state index is 12.6. The summed E-state index contributed by atoms with van der Waals surface area (Å²) in [6.45, 7) is -0.0307. The van der Waals surface area contributed by atoms with E-state index in [0.29, 0.717) is 23.5 Å². The number of amides is 1. The van der Waals surface area contributed by atoms with Crippen molar-refractivity contribution < 1.29 is 19.1 Å². The zero-order valence-electron chi connectivity index (χ0n) is 18.8. The number of fused-ring (bicyclic) bond motifs is 1. The van der Waals surface area contributed by atoms with Gasteiger partial charge in [0.2, 0.25) is 0 Å². The molecule has 0 saturated heterocycles. The van der Waals surface area contributed by atoms with Crippen LogP contribution in [0.3, 0.4) is 0 Å². The van der Waals surface area contributed by atoms with Crippen molar-refractivity contribution in [1.82, 2.24) is 15.3 Å². The van der Waals surface area contributed by atoms with Crippen LogP contribution in [0.2, 0.25) is 0 Å². The number of nitrogens with one attached hydrogen (secondary N) is 1. The van der Waals surface area contributed by atoms with Crippen molar-refractivity contribution in [2.24, 2.45) is 0 Å². The molecule has 1 N–H and O–H groups in total. The summed E-state index contributed by atoms with van der Waals surface area (Å²) in [5.74, 6) is 1.27. The molecule has 4 rings (SSSR count). The second-order valence-corrected chi connectivity index (χ2v) is 7.70. The number of carbonyl (C=O) groups is 2. The minimum atomic E-state index is -0.853. The zero-order chi connectivity index (χ0) is 23.9. The second kappa shape index (κ2) is 10.4. The van der Waals surface area contributed by atoms with E-state index >= 15 is 0 Å². The van der Waals surface area contributed by atoms with Crippen LogP contribution in [0.15, 0.2) is 79.1 Å². The van der Waals surface area contributed by atoms with Crippen molar-refractivity contribution in [3.05, 3.63) is 84.8 Å². The van der Waals surface area contributed by atoms with Crippen molar-refractivity contribution in [2.45, 2.75) is 6.04 Å². The molecule has 1 amide bonds. The van der Waals surface area contributed by atoms with E-state index in [1.54, 1.807) is 18.3 Å². The van der Waals surface area contributed by atoms with Crippen LogP contribution >= 0.6 is 0 Å². The Morgan fingerprint density at radius 1 is 1.00 bits per heavy atom. The van der Waals surface area contributed by atoms with Crippen LogP contribution in [0, 0.1) is 0 Å². The first-order valence-electron chi connectivity index (χ1n) is 10.7. The maximum Gasteiger partial charge on any atom is 0.270 e. The quantitative estimate of drug-likeness (QED) is 0.382. The van der Waals surface area contributed by atoms with Gasteiger partial charge >= 0.3 is 0 Å². The number of anilines is 1. The third-order valence-electron chi connectivity index (χ3n) is 5.01. The van der Waals surface area contributed by atoms with Gasteiger partial charge in [0.1, 0.15) is 41.9 Å². The van der Waals surface area contributed by atoms with Crippen LogP contribution in [0.4, 0.5) is 5.69 Å². The fraction of sp³-hybridized carbons (Fsp3) is 0.154. The van der Waals surface area contributed by atoms with Crippen LogP contribution in [0.25, 0.3) is 10.9 Å². The molecule has 1 unspecified atom stereocenters. The number of aromatic nitrogens is 2. The molecule has 0 fully saturated rings. The number of hydrogen-bond donors (Lipinski definition) is 1. The minimum Gasteiger partial charge on any atom is -0.489 e. The molecular formula is C26H24N4O4. The first-order chi connectivity index (χ1) is 16.5. The third kappa shape index (κ3) is 5.29. The Balaban J connectivity index is 1.40. The topological polar surface area (TPSA) is 93.7 Å². The molecule has 1 atom stereocenters. The number of hydrogen-bond acceptors (Lipinski definition) is 7. The van der Waals surface area contributed by atoms with Gasteiger partial charge in [0.15, 0.2) is 0 Å². The lowest BCUT2D eigenvalue weighted by Crippen LogP contribution is -2.40. The Hall–Kier alpha value is -4.46. The monoisotopic (exact) mass is 456 g/mol. The van der Waals surface area contributed by atoms with Gasteiger partial charge < -0.3 is 24.5 Å². The van der Waals surface area contributed by atoms with Crippen molar-refractivity contribution in [1.29, 1.82) is 0 Å². The molecule has 2 heterocycles. The highest BCUT2D eigenvalue weighted by Crippen LogP contribution is 2.34. The molecule has 8 heteroatoms.